The second-order valence-corrected chi connectivity index (χ2v) is 9.38. The lowest BCUT2D eigenvalue weighted by atomic mass is 10.0. The molecule has 232 valence electrons. The average molecular weight is 571 g/mol. The molecule has 0 bridgehead atoms. The van der Waals surface area contributed by atoms with Crippen molar-refractivity contribution in [3.05, 3.63) is 29.8 Å². The van der Waals surface area contributed by atoms with E-state index >= 15 is 0 Å². The summed E-state index contributed by atoms with van der Waals surface area (Å²) in [5.41, 5.74) is 1.38. The second-order valence-electron chi connectivity index (χ2n) is 9.38. The van der Waals surface area contributed by atoms with Gasteiger partial charge >= 0.3 is 5.97 Å². The molecule has 9 heteroatoms. The van der Waals surface area contributed by atoms with E-state index in [1.54, 1.807) is 0 Å². The highest BCUT2D eigenvalue weighted by Gasteiger charge is 1.99. The van der Waals surface area contributed by atoms with Crippen LogP contribution >= 0.6 is 0 Å². The minimum Gasteiger partial charge on any atom is -0.491 e. The summed E-state index contributed by atoms with van der Waals surface area (Å²) < 4.78 is 43.1. The first kappa shape index (κ1) is 36.3. The lowest BCUT2D eigenvalue weighted by molar-refractivity contribution is -0.142. The molecule has 0 spiro atoms. The molecule has 1 rings (SSSR count). The fourth-order valence-corrected chi connectivity index (χ4v) is 3.70. The SMILES string of the molecule is CCCCCCCCCc1ccc(OCCOCCOCCOCCOCCOCCOCCOC(C)=O)cc1. The number of carbonyl (C=O) groups excluding carboxylic acids is 1. The van der Waals surface area contributed by atoms with Gasteiger partial charge in [0.25, 0.3) is 0 Å². The first-order valence-electron chi connectivity index (χ1n) is 15.0. The van der Waals surface area contributed by atoms with Gasteiger partial charge in [0.05, 0.1) is 79.3 Å². The summed E-state index contributed by atoms with van der Waals surface area (Å²) in [6, 6.07) is 8.43. The number of benzene rings is 1. The molecule has 0 aromatic heterocycles. The Morgan fingerprint density at radius 1 is 0.525 bits per heavy atom. The highest BCUT2D eigenvalue weighted by atomic mass is 16.6. The molecule has 0 saturated carbocycles. The van der Waals surface area contributed by atoms with E-state index in [0.717, 1.165) is 12.2 Å². The van der Waals surface area contributed by atoms with Crippen molar-refractivity contribution >= 4 is 5.97 Å². The minimum absolute atomic E-state index is 0.266. The number of unbranched alkanes of at least 4 members (excludes halogenated alkanes) is 6. The van der Waals surface area contributed by atoms with Gasteiger partial charge in [0.15, 0.2) is 0 Å². The summed E-state index contributed by atoms with van der Waals surface area (Å²) in [7, 11) is 0. The van der Waals surface area contributed by atoms with Crippen LogP contribution in [0, 0.1) is 0 Å². The number of rotatable bonds is 30. The lowest BCUT2D eigenvalue weighted by Gasteiger charge is -2.09. The van der Waals surface area contributed by atoms with E-state index in [2.05, 4.69) is 19.1 Å². The number of hydrogen-bond donors (Lipinski definition) is 0. The Bertz CT molecular complexity index is 669. The zero-order valence-electron chi connectivity index (χ0n) is 25.0. The van der Waals surface area contributed by atoms with Gasteiger partial charge in [-0.3, -0.25) is 4.79 Å². The molecule has 0 amide bonds. The molecule has 0 aliphatic heterocycles. The van der Waals surface area contributed by atoms with Gasteiger partial charge in [-0.15, -0.1) is 0 Å². The van der Waals surface area contributed by atoms with Crippen LogP contribution in [0.25, 0.3) is 0 Å². The third kappa shape index (κ3) is 25.2. The van der Waals surface area contributed by atoms with Gasteiger partial charge in [-0.2, -0.15) is 0 Å². The standard InChI is InChI=1S/C31H54O9/c1-3-4-5-6-7-8-9-10-30-11-13-31(14-12-30)40-28-26-38-24-22-36-20-18-34-16-15-33-17-19-35-21-23-37-25-27-39-29(2)32/h11-14H,3-10,15-28H2,1-2H3. The van der Waals surface area contributed by atoms with Gasteiger partial charge < -0.3 is 37.9 Å². The quantitative estimate of drug-likeness (QED) is 0.0934. The van der Waals surface area contributed by atoms with Gasteiger partial charge in [0, 0.05) is 6.92 Å². The largest absolute Gasteiger partial charge is 0.491 e. The molecule has 1 aromatic carbocycles. The molecule has 0 heterocycles. The Hall–Kier alpha value is -1.75. The van der Waals surface area contributed by atoms with E-state index in [9.17, 15) is 4.79 Å². The van der Waals surface area contributed by atoms with E-state index in [1.807, 2.05) is 12.1 Å². The number of aryl methyl sites for hydroxylation is 1. The molecule has 0 fully saturated rings. The van der Waals surface area contributed by atoms with E-state index in [4.69, 9.17) is 37.9 Å². The molecular weight excluding hydrogens is 516 g/mol. The molecule has 1 aromatic rings. The Balaban J connectivity index is 1.77. The molecule has 40 heavy (non-hydrogen) atoms. The van der Waals surface area contributed by atoms with Crippen molar-refractivity contribution in [1.29, 1.82) is 0 Å². The van der Waals surface area contributed by atoms with Crippen LogP contribution in [0.4, 0.5) is 0 Å². The number of ether oxygens (including phenoxy) is 8. The maximum atomic E-state index is 10.6. The van der Waals surface area contributed by atoms with Crippen LogP contribution in [0.2, 0.25) is 0 Å². The summed E-state index contributed by atoms with van der Waals surface area (Å²) >= 11 is 0. The lowest BCUT2D eigenvalue weighted by Crippen LogP contribution is -2.15. The predicted octanol–water partition coefficient (Wildman–Crippen LogP) is 5.02. The van der Waals surface area contributed by atoms with Crippen molar-refractivity contribution in [3.63, 3.8) is 0 Å². The Morgan fingerprint density at radius 2 is 0.925 bits per heavy atom. The Morgan fingerprint density at radius 3 is 1.38 bits per heavy atom. The molecule has 9 nitrogen and oxygen atoms in total. The fraction of sp³-hybridized carbons (Fsp3) is 0.774. The first-order chi connectivity index (χ1) is 19.7. The van der Waals surface area contributed by atoms with Gasteiger partial charge in [-0.25, -0.2) is 0 Å². The van der Waals surface area contributed by atoms with Gasteiger partial charge in [0.2, 0.25) is 0 Å². The van der Waals surface area contributed by atoms with Crippen LogP contribution in [0.1, 0.15) is 64.4 Å². The van der Waals surface area contributed by atoms with Gasteiger partial charge in [-0.1, -0.05) is 57.6 Å². The third-order valence-corrected chi connectivity index (χ3v) is 5.88. The Kier molecular flexibility index (Phi) is 26.1. The Labute approximate surface area is 242 Å². The summed E-state index contributed by atoms with van der Waals surface area (Å²) in [6.07, 6.45) is 10.5. The molecule has 0 N–H and O–H groups in total. The van der Waals surface area contributed by atoms with Crippen molar-refractivity contribution < 1.29 is 42.7 Å². The van der Waals surface area contributed by atoms with Gasteiger partial charge in [-0.05, 0) is 30.5 Å². The zero-order chi connectivity index (χ0) is 28.8. The monoisotopic (exact) mass is 570 g/mol. The third-order valence-electron chi connectivity index (χ3n) is 5.88. The fourth-order valence-electron chi connectivity index (χ4n) is 3.70. The average Bonchev–Trinajstić information content (AvgIpc) is 2.96. The predicted molar refractivity (Wildman–Crippen MR) is 155 cm³/mol. The second kappa shape index (κ2) is 28.8. The van der Waals surface area contributed by atoms with Crippen LogP contribution < -0.4 is 4.74 Å². The van der Waals surface area contributed by atoms with Crippen molar-refractivity contribution in [2.24, 2.45) is 0 Å². The number of hydrogen-bond acceptors (Lipinski definition) is 9. The molecule has 0 atom stereocenters. The van der Waals surface area contributed by atoms with E-state index < -0.39 is 0 Å². The molecule has 0 saturated heterocycles. The zero-order valence-corrected chi connectivity index (χ0v) is 25.0. The number of esters is 1. The molecule has 0 unspecified atom stereocenters. The van der Waals surface area contributed by atoms with Crippen LogP contribution in [0.15, 0.2) is 24.3 Å². The van der Waals surface area contributed by atoms with Crippen molar-refractivity contribution in [2.45, 2.75) is 65.2 Å². The van der Waals surface area contributed by atoms with Gasteiger partial charge in [0.1, 0.15) is 19.0 Å². The molecular formula is C31H54O9. The van der Waals surface area contributed by atoms with Crippen LogP contribution in [0.3, 0.4) is 0 Å². The van der Waals surface area contributed by atoms with E-state index in [0.29, 0.717) is 85.9 Å². The van der Waals surface area contributed by atoms with Crippen molar-refractivity contribution in [3.8, 4) is 5.75 Å². The maximum Gasteiger partial charge on any atom is 0.302 e. The molecule has 0 aliphatic carbocycles. The summed E-state index contributed by atoms with van der Waals surface area (Å²) in [6.45, 7) is 10.4. The minimum atomic E-state index is -0.304. The highest BCUT2D eigenvalue weighted by Crippen LogP contribution is 2.15. The number of carbonyl (C=O) groups is 1. The summed E-state index contributed by atoms with van der Waals surface area (Å²) in [5, 5.41) is 0. The topological polar surface area (TPSA) is 90.9 Å². The summed E-state index contributed by atoms with van der Waals surface area (Å²) in [4.78, 5) is 10.6. The smallest absolute Gasteiger partial charge is 0.302 e. The van der Waals surface area contributed by atoms with Crippen LogP contribution in [0.5, 0.6) is 5.75 Å². The van der Waals surface area contributed by atoms with Crippen LogP contribution in [-0.2, 0) is 44.4 Å². The molecule has 0 radical (unpaired) electrons. The molecule has 0 aliphatic rings. The summed E-state index contributed by atoms with van der Waals surface area (Å²) in [5.74, 6) is 0.581. The maximum absolute atomic E-state index is 10.6. The van der Waals surface area contributed by atoms with Crippen LogP contribution in [-0.4, -0.2) is 98.5 Å². The highest BCUT2D eigenvalue weighted by molar-refractivity contribution is 5.65. The van der Waals surface area contributed by atoms with E-state index in [1.165, 1.54) is 57.4 Å². The first-order valence-corrected chi connectivity index (χ1v) is 15.0. The van der Waals surface area contributed by atoms with Crippen molar-refractivity contribution in [1.82, 2.24) is 0 Å². The van der Waals surface area contributed by atoms with E-state index in [-0.39, 0.29) is 12.6 Å². The van der Waals surface area contributed by atoms with Crippen molar-refractivity contribution in [2.75, 3.05) is 92.5 Å². The normalized spacial score (nSPS) is 11.2.